The minimum atomic E-state index is -0.324. The monoisotopic (exact) mass is 491 g/mol. The average Bonchev–Trinajstić information content (AvgIpc) is 3.60. The molecule has 0 N–H and O–H groups in total. The van der Waals surface area contributed by atoms with E-state index < -0.39 is 0 Å². The number of benzene rings is 1. The van der Waals surface area contributed by atoms with E-state index in [1.54, 1.807) is 24.5 Å². The molecule has 1 saturated heterocycles. The van der Waals surface area contributed by atoms with Gasteiger partial charge in [-0.25, -0.2) is 4.39 Å². The minimum Gasteiger partial charge on any atom is -0.376 e. The minimum absolute atomic E-state index is 0.0285. The SMILES string of the molecule is Cc1cc(C(=O)CSc2nnc(-c3ccncc3)n2-c2ccc(F)cc2)c(C)n1C[C@@H]1CCCO1. The maximum atomic E-state index is 13.6. The van der Waals surface area contributed by atoms with Crippen LogP contribution in [-0.4, -0.2) is 48.6 Å². The maximum Gasteiger partial charge on any atom is 0.196 e. The molecular weight excluding hydrogens is 465 g/mol. The van der Waals surface area contributed by atoms with Crippen molar-refractivity contribution in [1.82, 2.24) is 24.3 Å². The van der Waals surface area contributed by atoms with Crippen LogP contribution in [0.4, 0.5) is 4.39 Å². The van der Waals surface area contributed by atoms with Gasteiger partial charge in [-0.15, -0.1) is 10.2 Å². The lowest BCUT2D eigenvalue weighted by molar-refractivity contribution is 0.0957. The molecule has 3 aromatic heterocycles. The fourth-order valence-corrected chi connectivity index (χ4v) is 5.27. The highest BCUT2D eigenvalue weighted by atomic mass is 32.2. The van der Waals surface area contributed by atoms with Gasteiger partial charge in [0.2, 0.25) is 0 Å². The van der Waals surface area contributed by atoms with Crippen molar-refractivity contribution in [3.05, 3.63) is 77.6 Å². The van der Waals surface area contributed by atoms with Gasteiger partial charge in [-0.05, 0) is 69.2 Å². The lowest BCUT2D eigenvalue weighted by Gasteiger charge is -2.14. The molecule has 4 heterocycles. The van der Waals surface area contributed by atoms with Crippen LogP contribution in [0.15, 0.2) is 60.0 Å². The Labute approximate surface area is 207 Å². The third-order valence-corrected chi connectivity index (χ3v) is 7.20. The van der Waals surface area contributed by atoms with E-state index in [2.05, 4.69) is 19.7 Å². The summed E-state index contributed by atoms with van der Waals surface area (Å²) < 4.78 is 23.4. The number of carbonyl (C=O) groups is 1. The summed E-state index contributed by atoms with van der Waals surface area (Å²) >= 11 is 1.32. The highest BCUT2D eigenvalue weighted by Gasteiger charge is 2.22. The first-order chi connectivity index (χ1) is 17.0. The number of carbonyl (C=O) groups excluding carboxylic acids is 1. The fraction of sp³-hybridized carbons (Fsp3) is 0.308. The predicted octanol–water partition coefficient (Wildman–Crippen LogP) is 5.04. The van der Waals surface area contributed by atoms with E-state index in [0.29, 0.717) is 16.7 Å². The summed E-state index contributed by atoms with van der Waals surface area (Å²) in [5.41, 5.74) is 4.28. The molecule has 9 heteroatoms. The Morgan fingerprint density at radius 3 is 2.63 bits per heavy atom. The molecule has 7 nitrogen and oxygen atoms in total. The summed E-state index contributed by atoms with van der Waals surface area (Å²) in [6.07, 6.45) is 5.71. The van der Waals surface area contributed by atoms with E-state index in [1.165, 1.54) is 23.9 Å². The molecule has 1 aliphatic rings. The Balaban J connectivity index is 1.39. The van der Waals surface area contributed by atoms with E-state index in [1.807, 2.05) is 36.6 Å². The van der Waals surface area contributed by atoms with E-state index in [9.17, 15) is 9.18 Å². The van der Waals surface area contributed by atoms with Crippen LogP contribution in [0.5, 0.6) is 0 Å². The molecule has 35 heavy (non-hydrogen) atoms. The zero-order valence-electron chi connectivity index (χ0n) is 19.6. The number of pyridine rings is 1. The first kappa shape index (κ1) is 23.4. The highest BCUT2D eigenvalue weighted by Crippen LogP contribution is 2.29. The number of ether oxygens (including phenoxy) is 1. The van der Waals surface area contributed by atoms with E-state index in [0.717, 1.165) is 48.5 Å². The van der Waals surface area contributed by atoms with Gasteiger partial charge in [-0.3, -0.25) is 14.3 Å². The Bertz CT molecular complexity index is 1330. The molecule has 1 aliphatic heterocycles. The van der Waals surface area contributed by atoms with Gasteiger partial charge in [0.25, 0.3) is 0 Å². The smallest absolute Gasteiger partial charge is 0.196 e. The van der Waals surface area contributed by atoms with Crippen LogP contribution >= 0.6 is 11.8 Å². The molecule has 180 valence electrons. The van der Waals surface area contributed by atoms with Crippen LogP contribution in [-0.2, 0) is 11.3 Å². The Kier molecular flexibility index (Phi) is 6.79. The third kappa shape index (κ3) is 4.92. The summed E-state index contributed by atoms with van der Waals surface area (Å²) in [6.45, 7) is 5.59. The Morgan fingerprint density at radius 1 is 1.14 bits per heavy atom. The topological polar surface area (TPSA) is 74.8 Å². The normalized spacial score (nSPS) is 15.6. The quantitative estimate of drug-likeness (QED) is 0.254. The van der Waals surface area contributed by atoms with Gasteiger partial charge in [-0.1, -0.05) is 11.8 Å². The van der Waals surface area contributed by atoms with Crippen molar-refractivity contribution in [1.29, 1.82) is 0 Å². The summed E-state index contributed by atoms with van der Waals surface area (Å²) in [5, 5.41) is 9.29. The number of nitrogens with zero attached hydrogens (tertiary/aromatic N) is 5. The van der Waals surface area contributed by atoms with Crippen molar-refractivity contribution in [2.75, 3.05) is 12.4 Å². The molecular formula is C26H26FN5O2S. The van der Waals surface area contributed by atoms with Crippen molar-refractivity contribution in [2.45, 2.75) is 44.5 Å². The van der Waals surface area contributed by atoms with E-state index in [4.69, 9.17) is 4.74 Å². The molecule has 0 spiro atoms. The maximum absolute atomic E-state index is 13.6. The van der Waals surface area contributed by atoms with Gasteiger partial charge >= 0.3 is 0 Å². The van der Waals surface area contributed by atoms with E-state index >= 15 is 0 Å². The van der Waals surface area contributed by atoms with Crippen LogP contribution in [0.3, 0.4) is 0 Å². The molecule has 1 atom stereocenters. The Morgan fingerprint density at radius 2 is 1.91 bits per heavy atom. The number of Topliss-reactive ketones (excluding diaryl/α,β-unsaturated/α-hetero) is 1. The number of aromatic nitrogens is 5. The Hall–Kier alpha value is -3.30. The summed E-state index contributed by atoms with van der Waals surface area (Å²) in [5.74, 6) is 0.513. The molecule has 1 fully saturated rings. The molecule has 0 bridgehead atoms. The second kappa shape index (κ2) is 10.1. The predicted molar refractivity (Wildman–Crippen MR) is 132 cm³/mol. The van der Waals surface area contributed by atoms with Gasteiger partial charge in [0.15, 0.2) is 16.8 Å². The molecule has 0 amide bonds. The zero-order valence-corrected chi connectivity index (χ0v) is 20.5. The number of rotatable bonds is 8. The zero-order chi connectivity index (χ0) is 24.4. The van der Waals surface area contributed by atoms with Crippen molar-refractivity contribution in [3.63, 3.8) is 0 Å². The van der Waals surface area contributed by atoms with Gasteiger partial charge in [0.1, 0.15) is 5.82 Å². The lowest BCUT2D eigenvalue weighted by atomic mass is 10.2. The molecule has 5 rings (SSSR count). The largest absolute Gasteiger partial charge is 0.376 e. The van der Waals surface area contributed by atoms with Gasteiger partial charge in [-0.2, -0.15) is 0 Å². The summed E-state index contributed by atoms with van der Waals surface area (Å²) in [4.78, 5) is 17.3. The van der Waals surface area contributed by atoms with Crippen molar-refractivity contribution in [2.24, 2.45) is 0 Å². The fourth-order valence-electron chi connectivity index (χ4n) is 4.44. The van der Waals surface area contributed by atoms with Crippen LogP contribution < -0.4 is 0 Å². The van der Waals surface area contributed by atoms with Crippen molar-refractivity contribution < 1.29 is 13.9 Å². The molecule has 0 aliphatic carbocycles. The number of halogens is 1. The summed E-state index contributed by atoms with van der Waals surface area (Å²) in [6, 6.07) is 11.8. The summed E-state index contributed by atoms with van der Waals surface area (Å²) in [7, 11) is 0. The molecule has 0 saturated carbocycles. The number of aryl methyl sites for hydroxylation is 1. The third-order valence-electron chi connectivity index (χ3n) is 6.27. The standard InChI is InChI=1S/C26H26FN5O2S/c1-17-14-23(18(2)31(17)15-22-4-3-13-34-22)24(33)16-35-26-30-29-25(19-9-11-28-12-10-19)32(26)21-7-5-20(27)6-8-21/h5-12,14,22H,3-4,13,15-16H2,1-2H3/t22-/m0/s1. The van der Waals surface area contributed by atoms with Crippen LogP contribution in [0.2, 0.25) is 0 Å². The van der Waals surface area contributed by atoms with Gasteiger partial charge < -0.3 is 9.30 Å². The number of ketones is 1. The second-order valence-electron chi connectivity index (χ2n) is 8.60. The van der Waals surface area contributed by atoms with Crippen molar-refractivity contribution >= 4 is 17.5 Å². The number of hydrogen-bond acceptors (Lipinski definition) is 6. The van der Waals surface area contributed by atoms with E-state index in [-0.39, 0.29) is 23.5 Å². The number of hydrogen-bond donors (Lipinski definition) is 0. The molecule has 0 radical (unpaired) electrons. The first-order valence-corrected chi connectivity index (χ1v) is 12.6. The van der Waals surface area contributed by atoms with Crippen LogP contribution in [0, 0.1) is 19.7 Å². The van der Waals surface area contributed by atoms with Gasteiger partial charge in [0.05, 0.1) is 11.9 Å². The first-order valence-electron chi connectivity index (χ1n) is 11.6. The van der Waals surface area contributed by atoms with Crippen molar-refractivity contribution in [3.8, 4) is 17.1 Å². The highest BCUT2D eigenvalue weighted by molar-refractivity contribution is 7.99. The molecule has 1 aromatic carbocycles. The molecule has 4 aromatic rings. The average molecular weight is 492 g/mol. The van der Waals surface area contributed by atoms with Gasteiger partial charge in [0, 0.05) is 53.7 Å². The molecule has 0 unspecified atom stereocenters. The lowest BCUT2D eigenvalue weighted by Crippen LogP contribution is -2.17. The second-order valence-corrected chi connectivity index (χ2v) is 9.54. The van der Waals surface area contributed by atoms with Crippen LogP contribution in [0.25, 0.3) is 17.1 Å². The van der Waals surface area contributed by atoms with Crippen LogP contribution in [0.1, 0.15) is 34.6 Å². The number of thioether (sulfide) groups is 1.